The minimum absolute atomic E-state index is 0.542. The molecule has 0 saturated heterocycles. The van der Waals surface area contributed by atoms with Crippen molar-refractivity contribution in [1.29, 1.82) is 5.26 Å². The second-order valence-electron chi connectivity index (χ2n) is 4.12. The summed E-state index contributed by atoms with van der Waals surface area (Å²) in [6, 6.07) is 5.75. The van der Waals surface area contributed by atoms with E-state index in [1.807, 2.05) is 31.6 Å². The Hall–Kier alpha value is -2.35. The molecule has 18 heavy (non-hydrogen) atoms. The van der Waals surface area contributed by atoms with Gasteiger partial charge in [0.15, 0.2) is 0 Å². The molecule has 0 atom stereocenters. The Morgan fingerprint density at radius 3 is 2.56 bits per heavy atom. The quantitative estimate of drug-likeness (QED) is 0.873. The Balaban J connectivity index is 2.62. The van der Waals surface area contributed by atoms with Gasteiger partial charge < -0.3 is 5.32 Å². The lowest BCUT2D eigenvalue weighted by Gasteiger charge is -2.06. The number of nitrogens with one attached hydrogen (secondary N) is 1. The van der Waals surface area contributed by atoms with Gasteiger partial charge in [-0.05, 0) is 26.0 Å². The smallest absolute Gasteiger partial charge is 0.144 e. The van der Waals surface area contributed by atoms with Gasteiger partial charge in [-0.3, -0.25) is 4.68 Å². The molecule has 0 saturated carbocycles. The van der Waals surface area contributed by atoms with Crippen molar-refractivity contribution in [2.45, 2.75) is 13.8 Å². The highest BCUT2D eigenvalue weighted by Crippen LogP contribution is 2.26. The van der Waals surface area contributed by atoms with Gasteiger partial charge >= 0.3 is 0 Å². The minimum atomic E-state index is 0.542. The third-order valence-electron chi connectivity index (χ3n) is 3.02. The third kappa shape index (κ3) is 1.82. The van der Waals surface area contributed by atoms with Gasteiger partial charge in [0.05, 0.1) is 17.0 Å². The first kappa shape index (κ1) is 12.1. The van der Waals surface area contributed by atoms with Crippen molar-refractivity contribution in [1.82, 2.24) is 14.8 Å². The maximum atomic E-state index is 8.98. The molecule has 2 aromatic heterocycles. The van der Waals surface area contributed by atoms with Crippen LogP contribution in [-0.4, -0.2) is 21.8 Å². The molecule has 0 aliphatic rings. The topological polar surface area (TPSA) is 66.5 Å². The number of hydrogen-bond acceptors (Lipinski definition) is 4. The van der Waals surface area contributed by atoms with Crippen molar-refractivity contribution in [2.24, 2.45) is 7.05 Å². The van der Waals surface area contributed by atoms with E-state index in [2.05, 4.69) is 21.5 Å². The normalized spacial score (nSPS) is 10.2. The molecule has 5 heteroatoms. The lowest BCUT2D eigenvalue weighted by molar-refractivity contribution is 0.731. The number of anilines is 1. The molecule has 1 N–H and O–H groups in total. The van der Waals surface area contributed by atoms with Crippen molar-refractivity contribution < 1.29 is 0 Å². The van der Waals surface area contributed by atoms with E-state index >= 15 is 0 Å². The molecular weight excluding hydrogens is 226 g/mol. The van der Waals surface area contributed by atoms with Gasteiger partial charge in [-0.25, -0.2) is 4.98 Å². The van der Waals surface area contributed by atoms with Gasteiger partial charge in [-0.2, -0.15) is 10.4 Å². The summed E-state index contributed by atoms with van der Waals surface area (Å²) in [5, 5.41) is 16.3. The highest BCUT2D eigenvalue weighted by Gasteiger charge is 2.14. The van der Waals surface area contributed by atoms with Crippen LogP contribution in [0.5, 0.6) is 0 Å². The largest absolute Gasteiger partial charge is 0.372 e. The van der Waals surface area contributed by atoms with Crippen LogP contribution in [0.4, 0.5) is 5.82 Å². The Labute approximate surface area is 106 Å². The average Bonchev–Trinajstić information content (AvgIpc) is 2.62. The number of nitrogens with zero attached hydrogens (tertiary/aromatic N) is 4. The number of hydrogen-bond donors (Lipinski definition) is 1. The van der Waals surface area contributed by atoms with E-state index in [-0.39, 0.29) is 0 Å². The molecule has 0 amide bonds. The van der Waals surface area contributed by atoms with Crippen molar-refractivity contribution in [3.8, 4) is 17.3 Å². The summed E-state index contributed by atoms with van der Waals surface area (Å²) >= 11 is 0. The highest BCUT2D eigenvalue weighted by atomic mass is 15.3. The first-order valence-electron chi connectivity index (χ1n) is 5.68. The van der Waals surface area contributed by atoms with Crippen LogP contribution in [0.2, 0.25) is 0 Å². The fourth-order valence-electron chi connectivity index (χ4n) is 2.02. The van der Waals surface area contributed by atoms with Gasteiger partial charge in [-0.1, -0.05) is 0 Å². The Kier molecular flexibility index (Phi) is 3.02. The van der Waals surface area contributed by atoms with Crippen LogP contribution in [0, 0.1) is 25.2 Å². The molecule has 0 bridgehead atoms. The molecule has 0 aliphatic heterocycles. The number of aromatic nitrogens is 3. The maximum Gasteiger partial charge on any atom is 0.144 e. The zero-order chi connectivity index (χ0) is 13.3. The molecule has 0 unspecified atom stereocenters. The second-order valence-corrected chi connectivity index (χ2v) is 4.12. The van der Waals surface area contributed by atoms with Crippen LogP contribution in [0.3, 0.4) is 0 Å². The molecule has 92 valence electrons. The predicted octanol–water partition coefficient (Wildman–Crippen LogP) is 2.01. The number of pyridine rings is 1. The summed E-state index contributed by atoms with van der Waals surface area (Å²) in [5.41, 5.74) is 4.40. The summed E-state index contributed by atoms with van der Waals surface area (Å²) < 4.78 is 1.84. The molecule has 0 aliphatic carbocycles. The maximum absolute atomic E-state index is 8.98. The second kappa shape index (κ2) is 4.49. The Morgan fingerprint density at radius 1 is 1.33 bits per heavy atom. The lowest BCUT2D eigenvalue weighted by Crippen LogP contribution is -1.98. The monoisotopic (exact) mass is 241 g/mol. The molecule has 2 rings (SSSR count). The van der Waals surface area contributed by atoms with Gasteiger partial charge in [-0.15, -0.1) is 0 Å². The molecule has 0 fully saturated rings. The third-order valence-corrected chi connectivity index (χ3v) is 3.02. The van der Waals surface area contributed by atoms with Gasteiger partial charge in [0.2, 0.25) is 0 Å². The molecule has 0 spiro atoms. The SMILES string of the molecule is CNc1nc(-c2c(C)nn(C)c2C)ccc1C#N. The Bertz CT molecular complexity index is 634. The van der Waals surface area contributed by atoms with Crippen LogP contribution in [-0.2, 0) is 7.05 Å². The first-order chi connectivity index (χ1) is 8.58. The van der Waals surface area contributed by atoms with Crippen LogP contribution >= 0.6 is 0 Å². The standard InChI is InChI=1S/C13H15N5/c1-8-12(9(2)18(4)17-8)11-6-5-10(7-14)13(15-3)16-11/h5-6H,1-4H3,(H,15,16). The first-order valence-corrected chi connectivity index (χ1v) is 5.68. The highest BCUT2D eigenvalue weighted by molar-refractivity contribution is 5.68. The average molecular weight is 241 g/mol. The molecule has 0 radical (unpaired) electrons. The van der Waals surface area contributed by atoms with E-state index in [1.54, 1.807) is 13.1 Å². The zero-order valence-corrected chi connectivity index (χ0v) is 10.9. The minimum Gasteiger partial charge on any atom is -0.372 e. The number of rotatable bonds is 2. The van der Waals surface area contributed by atoms with Crippen LogP contribution in [0.25, 0.3) is 11.3 Å². The number of aryl methyl sites for hydroxylation is 2. The van der Waals surface area contributed by atoms with Crippen LogP contribution in [0.15, 0.2) is 12.1 Å². The van der Waals surface area contributed by atoms with Crippen molar-refractivity contribution in [3.63, 3.8) is 0 Å². The molecule has 2 aromatic rings. The zero-order valence-electron chi connectivity index (χ0n) is 10.9. The molecular formula is C13H15N5. The summed E-state index contributed by atoms with van der Waals surface area (Å²) in [7, 11) is 3.67. The van der Waals surface area contributed by atoms with Crippen molar-refractivity contribution >= 4 is 5.82 Å². The fraction of sp³-hybridized carbons (Fsp3) is 0.308. The fourth-order valence-corrected chi connectivity index (χ4v) is 2.02. The van der Waals surface area contributed by atoms with Crippen molar-refractivity contribution in [3.05, 3.63) is 29.1 Å². The van der Waals surface area contributed by atoms with E-state index in [9.17, 15) is 0 Å². The van der Waals surface area contributed by atoms with E-state index < -0.39 is 0 Å². The summed E-state index contributed by atoms with van der Waals surface area (Å²) in [6.45, 7) is 3.97. The number of nitriles is 1. The molecule has 0 aromatic carbocycles. The lowest BCUT2D eigenvalue weighted by atomic mass is 10.1. The van der Waals surface area contributed by atoms with E-state index in [0.717, 1.165) is 22.6 Å². The van der Waals surface area contributed by atoms with Crippen molar-refractivity contribution in [2.75, 3.05) is 12.4 Å². The van der Waals surface area contributed by atoms with Gasteiger partial charge in [0.25, 0.3) is 0 Å². The van der Waals surface area contributed by atoms with Gasteiger partial charge in [0, 0.05) is 25.4 Å². The van der Waals surface area contributed by atoms with E-state index in [0.29, 0.717) is 11.4 Å². The van der Waals surface area contributed by atoms with E-state index in [4.69, 9.17) is 5.26 Å². The Morgan fingerprint density at radius 2 is 2.06 bits per heavy atom. The summed E-state index contributed by atoms with van der Waals surface area (Å²) in [5.74, 6) is 0.595. The van der Waals surface area contributed by atoms with Crippen LogP contribution < -0.4 is 5.32 Å². The molecule has 2 heterocycles. The van der Waals surface area contributed by atoms with E-state index in [1.165, 1.54) is 0 Å². The van der Waals surface area contributed by atoms with Crippen LogP contribution in [0.1, 0.15) is 17.0 Å². The summed E-state index contributed by atoms with van der Waals surface area (Å²) in [4.78, 5) is 4.48. The predicted molar refractivity (Wildman–Crippen MR) is 70.2 cm³/mol. The molecule has 5 nitrogen and oxygen atoms in total. The summed E-state index contributed by atoms with van der Waals surface area (Å²) in [6.07, 6.45) is 0. The van der Waals surface area contributed by atoms with Gasteiger partial charge in [0.1, 0.15) is 11.9 Å².